The lowest BCUT2D eigenvalue weighted by molar-refractivity contribution is 0.0319. The summed E-state index contributed by atoms with van der Waals surface area (Å²) in [5.41, 5.74) is 3.12. The number of anilines is 3. The van der Waals surface area contributed by atoms with Gasteiger partial charge in [0.25, 0.3) is 0 Å². The molecule has 0 unspecified atom stereocenters. The first-order valence-electron chi connectivity index (χ1n) is 22.4. The number of hydrogen-bond acceptors (Lipinski definition) is 16. The number of methoxy groups -OCH3 is 2. The van der Waals surface area contributed by atoms with E-state index in [-0.39, 0.29) is 17.5 Å². The molecular weight excluding hydrogens is 979 g/mol. The molecule has 5 aromatic rings. The van der Waals surface area contributed by atoms with Crippen LogP contribution in [0.4, 0.5) is 17.3 Å². The summed E-state index contributed by atoms with van der Waals surface area (Å²) in [6.07, 6.45) is 0. The van der Waals surface area contributed by atoms with Crippen LogP contribution in [0.5, 0.6) is 0 Å². The number of nitrogens with zero attached hydrogens (tertiary/aromatic N) is 3. The Morgan fingerprint density at radius 1 is 0.591 bits per heavy atom. The van der Waals surface area contributed by atoms with E-state index in [9.17, 15) is 4.79 Å². The molecule has 6 heterocycles. The lowest BCUT2D eigenvalue weighted by Gasteiger charge is -2.31. The third-order valence-electron chi connectivity index (χ3n) is 11.6. The van der Waals surface area contributed by atoms with Crippen molar-refractivity contribution < 1.29 is 28.1 Å². The van der Waals surface area contributed by atoms with E-state index in [1.807, 2.05) is 35.7 Å². The van der Waals surface area contributed by atoms with Crippen molar-refractivity contribution in [1.29, 1.82) is 0 Å². The van der Waals surface area contributed by atoms with Gasteiger partial charge in [0.05, 0.1) is 64.9 Å². The van der Waals surface area contributed by atoms with Crippen LogP contribution in [0, 0.1) is 0 Å². The Kier molecular flexibility index (Phi) is 17.0. The number of rotatable bonds is 14. The topological polar surface area (TPSA) is 110 Å². The Labute approximate surface area is 412 Å². The second-order valence-electron chi connectivity index (χ2n) is 16.4. The fourth-order valence-corrected chi connectivity index (χ4v) is 13.9. The van der Waals surface area contributed by atoms with Gasteiger partial charge in [-0.05, 0) is 70.5 Å². The Morgan fingerprint density at radius 3 is 1.67 bits per heavy atom. The maximum Gasteiger partial charge on any atom is 0.200 e. The van der Waals surface area contributed by atoms with Gasteiger partial charge in [-0.25, -0.2) is 0 Å². The number of halogens is 1. The normalized spacial score (nSPS) is 18.1. The standard InChI is InChI=1S/C29H33N3O5S2.C20H23BrN2O2S2/c1-34-19-21(18-31-7-11-35-12-8-31)30-20-5-6-25-27(15-20)38-26-4-2-3-23(29(26)39-25)24-16-22(33)17-28(37-24)32-9-13-36-14-10-32;1-24-13-15(12-23-7-9-25-10-8-23)22-14-5-6-17-19(11-14)26-18-4-2-3-16(21)20(18)27-17/h2-6,15-17,21,30H,7-14,18-19H2,1H3;2-6,11,15,22H,7-10,12-13H2,1H3/t21-;15-/m00/s1. The molecule has 0 radical (unpaired) electrons. The van der Waals surface area contributed by atoms with Gasteiger partial charge in [0.15, 0.2) is 11.3 Å². The highest BCUT2D eigenvalue weighted by Crippen LogP contribution is 2.53. The summed E-state index contributed by atoms with van der Waals surface area (Å²) in [4.78, 5) is 29.5. The molecule has 1 aromatic heterocycles. The third-order valence-corrected chi connectivity index (χ3v) is 17.8. The molecule has 4 aromatic carbocycles. The molecule has 2 atom stereocenters. The van der Waals surface area contributed by atoms with Crippen molar-refractivity contribution in [3.05, 3.63) is 99.6 Å². The smallest absolute Gasteiger partial charge is 0.200 e. The van der Waals surface area contributed by atoms with Crippen LogP contribution in [0.3, 0.4) is 0 Å². The van der Waals surface area contributed by atoms with Crippen LogP contribution in [-0.4, -0.2) is 141 Å². The molecule has 2 N–H and O–H groups in total. The van der Waals surface area contributed by atoms with Crippen LogP contribution in [0.2, 0.25) is 0 Å². The zero-order chi connectivity index (χ0) is 45.2. The first-order valence-corrected chi connectivity index (χ1v) is 26.5. The average molecular weight is 1040 g/mol. The Bertz CT molecular complexity index is 2480. The summed E-state index contributed by atoms with van der Waals surface area (Å²) < 4.78 is 34.9. The molecule has 5 aliphatic rings. The van der Waals surface area contributed by atoms with Crippen molar-refractivity contribution in [2.75, 3.05) is 135 Å². The highest BCUT2D eigenvalue weighted by Gasteiger charge is 2.25. The summed E-state index contributed by atoms with van der Waals surface area (Å²) in [5, 5.41) is 7.36. The molecule has 66 heavy (non-hydrogen) atoms. The van der Waals surface area contributed by atoms with Crippen LogP contribution in [-0.2, 0) is 23.7 Å². The minimum atomic E-state index is -0.0531. The SMILES string of the molecule is COC[C@H](CN1CCOCC1)Nc1ccc2c(c1)Sc1cccc(-c3cc(=O)cc(N4CCOCC4)o3)c1S2.COC[C@H](CN1CCOCC1)Nc1ccc2c(c1)Sc1cccc(Br)c1S2. The third kappa shape index (κ3) is 12.3. The van der Waals surface area contributed by atoms with Gasteiger partial charge >= 0.3 is 0 Å². The van der Waals surface area contributed by atoms with E-state index >= 15 is 0 Å². The van der Waals surface area contributed by atoms with E-state index in [2.05, 4.69) is 102 Å². The maximum absolute atomic E-state index is 12.6. The van der Waals surface area contributed by atoms with Gasteiger partial charge in [-0.15, -0.1) is 0 Å². The fraction of sp³-hybridized carbons (Fsp3) is 0.408. The molecule has 0 bridgehead atoms. The molecule has 0 saturated carbocycles. The quantitative estimate of drug-likeness (QED) is 0.108. The minimum absolute atomic E-state index is 0.0531. The van der Waals surface area contributed by atoms with Crippen LogP contribution < -0.4 is 21.0 Å². The molecule has 10 rings (SSSR count). The Balaban J connectivity index is 0.000000178. The molecule has 0 spiro atoms. The fourth-order valence-electron chi connectivity index (χ4n) is 8.43. The molecule has 350 valence electrons. The van der Waals surface area contributed by atoms with Crippen LogP contribution in [0.15, 0.2) is 138 Å². The molecule has 3 fully saturated rings. The molecule has 17 heteroatoms. The van der Waals surface area contributed by atoms with Gasteiger partial charge in [0.1, 0.15) is 5.76 Å². The van der Waals surface area contributed by atoms with Crippen molar-refractivity contribution in [2.45, 2.75) is 51.2 Å². The van der Waals surface area contributed by atoms with Crippen molar-refractivity contribution >= 4 is 80.2 Å². The number of hydrogen-bond donors (Lipinski definition) is 2. The van der Waals surface area contributed by atoms with Gasteiger partial charge in [0, 0.05) is 139 Å². The summed E-state index contributed by atoms with van der Waals surface area (Å²) in [5.74, 6) is 1.20. The second-order valence-corrected chi connectivity index (χ2v) is 21.6. The number of benzene rings is 4. The number of ether oxygens (including phenoxy) is 5. The summed E-state index contributed by atoms with van der Waals surface area (Å²) in [7, 11) is 3.52. The number of fused-ring (bicyclic) bond motifs is 4. The Hall–Kier alpha value is -3.17. The van der Waals surface area contributed by atoms with E-state index in [1.54, 1.807) is 49.9 Å². The van der Waals surface area contributed by atoms with E-state index in [4.69, 9.17) is 28.1 Å². The van der Waals surface area contributed by atoms with Gasteiger partial charge < -0.3 is 43.6 Å². The van der Waals surface area contributed by atoms with Crippen LogP contribution >= 0.6 is 63.0 Å². The first kappa shape index (κ1) is 47.9. The van der Waals surface area contributed by atoms with E-state index < -0.39 is 0 Å². The Morgan fingerprint density at radius 2 is 1.11 bits per heavy atom. The van der Waals surface area contributed by atoms with Gasteiger partial charge in [-0.2, -0.15) is 0 Å². The predicted molar refractivity (Wildman–Crippen MR) is 270 cm³/mol. The second kappa shape index (κ2) is 23.4. The molecule has 0 amide bonds. The van der Waals surface area contributed by atoms with Crippen molar-refractivity contribution in [1.82, 2.24) is 9.80 Å². The van der Waals surface area contributed by atoms with Crippen molar-refractivity contribution in [3.63, 3.8) is 0 Å². The van der Waals surface area contributed by atoms with Crippen molar-refractivity contribution in [2.24, 2.45) is 0 Å². The van der Waals surface area contributed by atoms with Crippen LogP contribution in [0.1, 0.15) is 0 Å². The first-order chi connectivity index (χ1) is 32.4. The van der Waals surface area contributed by atoms with Gasteiger partial charge in [0.2, 0.25) is 0 Å². The monoisotopic (exact) mass is 1030 g/mol. The van der Waals surface area contributed by atoms with E-state index in [1.165, 1.54) is 29.4 Å². The van der Waals surface area contributed by atoms with E-state index in [0.717, 1.165) is 96.9 Å². The zero-order valence-electron chi connectivity index (χ0n) is 37.3. The summed E-state index contributed by atoms with van der Waals surface area (Å²) in [6, 6.07) is 29.4. The van der Waals surface area contributed by atoms with Gasteiger partial charge in [-0.3, -0.25) is 14.6 Å². The summed E-state index contributed by atoms with van der Waals surface area (Å²) in [6.45, 7) is 13.0. The van der Waals surface area contributed by atoms with E-state index in [0.29, 0.717) is 51.2 Å². The zero-order valence-corrected chi connectivity index (χ0v) is 42.1. The van der Waals surface area contributed by atoms with Crippen molar-refractivity contribution in [3.8, 4) is 11.3 Å². The minimum Gasteiger partial charge on any atom is -0.440 e. The highest BCUT2D eigenvalue weighted by molar-refractivity contribution is 9.10. The summed E-state index contributed by atoms with van der Waals surface area (Å²) >= 11 is 10.8. The number of nitrogens with one attached hydrogen (secondary N) is 2. The molecular formula is C49H56BrN5O7S4. The lowest BCUT2D eigenvalue weighted by Crippen LogP contribution is -2.44. The highest BCUT2D eigenvalue weighted by atomic mass is 79.9. The lowest BCUT2D eigenvalue weighted by atomic mass is 10.1. The molecule has 3 saturated heterocycles. The largest absolute Gasteiger partial charge is 0.440 e. The van der Waals surface area contributed by atoms with Gasteiger partial charge in [-0.1, -0.05) is 65.2 Å². The maximum atomic E-state index is 12.6. The number of morpholine rings is 3. The average Bonchev–Trinajstić information content (AvgIpc) is 3.34. The molecule has 12 nitrogen and oxygen atoms in total. The van der Waals surface area contributed by atoms with Crippen LogP contribution in [0.25, 0.3) is 11.3 Å². The predicted octanol–water partition coefficient (Wildman–Crippen LogP) is 9.34. The molecule has 0 aliphatic carbocycles. The molecule has 5 aliphatic heterocycles.